The molecule has 0 aromatic heterocycles. The van der Waals surface area contributed by atoms with Crippen molar-refractivity contribution in [2.75, 3.05) is 32.8 Å². The Kier molecular flexibility index (Phi) is 4.59. The molecule has 136 valence electrons. The van der Waals surface area contributed by atoms with Gasteiger partial charge in [0.2, 0.25) is 5.91 Å². The highest BCUT2D eigenvalue weighted by molar-refractivity contribution is 5.79. The Bertz CT molecular complexity index is 637. The van der Waals surface area contributed by atoms with Crippen molar-refractivity contribution >= 4 is 5.91 Å². The maximum Gasteiger partial charge on any atom is 0.237 e. The Morgan fingerprint density at radius 1 is 1.36 bits per heavy atom. The summed E-state index contributed by atoms with van der Waals surface area (Å²) in [6.07, 6.45) is 4.48. The number of rotatable bonds is 5. The number of aryl methyl sites for hydroxylation is 1. The van der Waals surface area contributed by atoms with Crippen LogP contribution in [0.15, 0.2) is 24.3 Å². The van der Waals surface area contributed by atoms with Crippen molar-refractivity contribution in [3.05, 3.63) is 35.4 Å². The first-order chi connectivity index (χ1) is 12.1. The van der Waals surface area contributed by atoms with Gasteiger partial charge in [-0.1, -0.05) is 38.1 Å². The Morgan fingerprint density at radius 3 is 2.92 bits per heavy atom. The Morgan fingerprint density at radius 2 is 2.16 bits per heavy atom. The minimum absolute atomic E-state index is 0.197. The van der Waals surface area contributed by atoms with Crippen LogP contribution < -0.4 is 0 Å². The summed E-state index contributed by atoms with van der Waals surface area (Å²) in [4.78, 5) is 17.4. The van der Waals surface area contributed by atoms with Crippen LogP contribution in [0.25, 0.3) is 0 Å². The second-order valence-corrected chi connectivity index (χ2v) is 8.38. The van der Waals surface area contributed by atoms with Crippen LogP contribution in [0.5, 0.6) is 0 Å². The average molecular weight is 342 g/mol. The summed E-state index contributed by atoms with van der Waals surface area (Å²) >= 11 is 0. The van der Waals surface area contributed by atoms with Crippen molar-refractivity contribution < 1.29 is 9.53 Å². The lowest BCUT2D eigenvalue weighted by atomic mass is 9.93. The van der Waals surface area contributed by atoms with Crippen molar-refractivity contribution in [1.82, 2.24) is 9.80 Å². The van der Waals surface area contributed by atoms with Gasteiger partial charge in [-0.3, -0.25) is 9.69 Å². The van der Waals surface area contributed by atoms with Crippen LogP contribution in [0.1, 0.15) is 44.2 Å². The number of ether oxygens (including phenoxy) is 1. The number of hydrogen-bond acceptors (Lipinski definition) is 3. The number of amides is 1. The number of carbonyl (C=O) groups excluding carboxylic acids is 1. The van der Waals surface area contributed by atoms with Crippen molar-refractivity contribution in [1.29, 1.82) is 0 Å². The summed E-state index contributed by atoms with van der Waals surface area (Å²) in [7, 11) is 0. The number of carbonyl (C=O) groups is 1. The van der Waals surface area contributed by atoms with Crippen molar-refractivity contribution in [3.8, 4) is 0 Å². The van der Waals surface area contributed by atoms with E-state index in [1.807, 2.05) is 0 Å². The van der Waals surface area contributed by atoms with E-state index < -0.39 is 0 Å². The lowest BCUT2D eigenvalue weighted by Gasteiger charge is -2.41. The topological polar surface area (TPSA) is 32.8 Å². The SMILES string of the molecule is CC(C)CN(C(=O)CN1CCOC2(CCc3ccccc32)C1)C1CC1. The normalized spacial score (nSPS) is 26.2. The summed E-state index contributed by atoms with van der Waals surface area (Å²) in [6, 6.07) is 9.15. The zero-order chi connectivity index (χ0) is 17.4. The van der Waals surface area contributed by atoms with E-state index in [0.29, 0.717) is 24.4 Å². The van der Waals surface area contributed by atoms with Gasteiger partial charge in [0, 0.05) is 25.7 Å². The van der Waals surface area contributed by atoms with Gasteiger partial charge in [0.05, 0.1) is 13.2 Å². The fourth-order valence-electron chi connectivity index (χ4n) is 4.48. The van der Waals surface area contributed by atoms with E-state index in [0.717, 1.165) is 39.1 Å². The first-order valence-electron chi connectivity index (χ1n) is 9.81. The Labute approximate surface area is 151 Å². The van der Waals surface area contributed by atoms with Crippen LogP contribution in [0.2, 0.25) is 0 Å². The molecule has 2 aliphatic carbocycles. The Balaban J connectivity index is 1.44. The Hall–Kier alpha value is -1.39. The fourth-order valence-corrected chi connectivity index (χ4v) is 4.48. The van der Waals surface area contributed by atoms with Gasteiger partial charge >= 0.3 is 0 Å². The molecule has 1 atom stereocenters. The molecule has 25 heavy (non-hydrogen) atoms. The standard InChI is InChI=1S/C21H30N2O2/c1-16(2)13-23(18-7-8-18)20(24)14-22-11-12-25-21(15-22)10-9-17-5-3-4-6-19(17)21/h3-6,16,18H,7-15H2,1-2H3. The average Bonchev–Trinajstić information content (AvgIpc) is 3.38. The number of benzene rings is 1. The number of hydrogen-bond donors (Lipinski definition) is 0. The van der Waals surface area contributed by atoms with Crippen LogP contribution in [-0.2, 0) is 21.6 Å². The molecule has 1 amide bonds. The maximum atomic E-state index is 12.9. The molecule has 2 fully saturated rings. The fraction of sp³-hybridized carbons (Fsp3) is 0.667. The molecule has 1 aromatic carbocycles. The van der Waals surface area contributed by atoms with Gasteiger partial charge in [-0.05, 0) is 42.7 Å². The molecule has 0 bridgehead atoms. The molecule has 1 unspecified atom stereocenters. The number of morpholine rings is 1. The van der Waals surface area contributed by atoms with Gasteiger partial charge in [0.15, 0.2) is 0 Å². The highest BCUT2D eigenvalue weighted by atomic mass is 16.5. The maximum absolute atomic E-state index is 12.9. The predicted octanol–water partition coefficient (Wildman–Crippen LogP) is 2.81. The molecule has 1 spiro atoms. The lowest BCUT2D eigenvalue weighted by molar-refractivity contribution is -0.142. The van der Waals surface area contributed by atoms with Crippen LogP contribution >= 0.6 is 0 Å². The van der Waals surface area contributed by atoms with E-state index in [-0.39, 0.29) is 5.60 Å². The molecule has 1 aromatic rings. The predicted molar refractivity (Wildman–Crippen MR) is 98.4 cm³/mol. The second-order valence-electron chi connectivity index (χ2n) is 8.38. The molecule has 4 rings (SSSR count). The largest absolute Gasteiger partial charge is 0.368 e. The molecule has 1 aliphatic heterocycles. The molecule has 0 radical (unpaired) electrons. The molecule has 0 N–H and O–H groups in total. The van der Waals surface area contributed by atoms with Crippen LogP contribution in [0, 0.1) is 5.92 Å². The third-order valence-corrected chi connectivity index (χ3v) is 5.80. The van der Waals surface area contributed by atoms with Crippen molar-refractivity contribution in [3.63, 3.8) is 0 Å². The zero-order valence-corrected chi connectivity index (χ0v) is 15.5. The molecular weight excluding hydrogens is 312 g/mol. The van der Waals surface area contributed by atoms with Crippen molar-refractivity contribution in [2.24, 2.45) is 5.92 Å². The molecule has 1 saturated carbocycles. The second kappa shape index (κ2) is 6.73. The van der Waals surface area contributed by atoms with Gasteiger partial charge in [-0.15, -0.1) is 0 Å². The van der Waals surface area contributed by atoms with Crippen molar-refractivity contribution in [2.45, 2.75) is 51.2 Å². The highest BCUT2D eigenvalue weighted by Gasteiger charge is 2.44. The van der Waals surface area contributed by atoms with E-state index in [2.05, 4.69) is 47.9 Å². The smallest absolute Gasteiger partial charge is 0.237 e. The minimum Gasteiger partial charge on any atom is -0.368 e. The van der Waals surface area contributed by atoms with Crippen LogP contribution in [0.4, 0.5) is 0 Å². The first kappa shape index (κ1) is 17.0. The summed E-state index contributed by atoms with van der Waals surface area (Å²) in [5, 5.41) is 0. The van der Waals surface area contributed by atoms with E-state index in [1.165, 1.54) is 24.0 Å². The van der Waals surface area contributed by atoms with E-state index in [4.69, 9.17) is 4.74 Å². The van der Waals surface area contributed by atoms with Gasteiger partial charge in [0.1, 0.15) is 5.60 Å². The third-order valence-electron chi connectivity index (χ3n) is 5.80. The molecule has 1 saturated heterocycles. The summed E-state index contributed by atoms with van der Waals surface area (Å²) < 4.78 is 6.28. The summed E-state index contributed by atoms with van der Waals surface area (Å²) in [6.45, 7) is 8.24. The number of fused-ring (bicyclic) bond motifs is 2. The third kappa shape index (κ3) is 3.47. The molecule has 3 aliphatic rings. The molecular formula is C21H30N2O2. The van der Waals surface area contributed by atoms with E-state index in [1.54, 1.807) is 0 Å². The summed E-state index contributed by atoms with van der Waals surface area (Å²) in [5.41, 5.74) is 2.56. The highest BCUT2D eigenvalue weighted by Crippen LogP contribution is 2.42. The molecule has 4 heteroatoms. The van der Waals surface area contributed by atoms with E-state index >= 15 is 0 Å². The molecule has 1 heterocycles. The first-order valence-corrected chi connectivity index (χ1v) is 9.81. The van der Waals surface area contributed by atoms with Gasteiger partial charge in [-0.25, -0.2) is 0 Å². The van der Waals surface area contributed by atoms with Gasteiger partial charge in [-0.2, -0.15) is 0 Å². The quantitative estimate of drug-likeness (QED) is 0.825. The van der Waals surface area contributed by atoms with E-state index in [9.17, 15) is 4.79 Å². The molecule has 4 nitrogen and oxygen atoms in total. The lowest BCUT2D eigenvalue weighted by Crippen LogP contribution is -2.52. The zero-order valence-electron chi connectivity index (χ0n) is 15.5. The van der Waals surface area contributed by atoms with Gasteiger partial charge in [0.25, 0.3) is 0 Å². The van der Waals surface area contributed by atoms with Crippen LogP contribution in [0.3, 0.4) is 0 Å². The van der Waals surface area contributed by atoms with Gasteiger partial charge < -0.3 is 9.64 Å². The number of nitrogens with zero attached hydrogens (tertiary/aromatic N) is 2. The minimum atomic E-state index is -0.197. The summed E-state index contributed by atoms with van der Waals surface area (Å²) in [5.74, 6) is 0.835. The van der Waals surface area contributed by atoms with Crippen LogP contribution in [-0.4, -0.2) is 54.5 Å². The monoisotopic (exact) mass is 342 g/mol.